The molecule has 0 spiro atoms. The van der Waals surface area contributed by atoms with Crippen molar-refractivity contribution in [3.63, 3.8) is 0 Å². The number of hydrogen-bond donors (Lipinski definition) is 1. The molecule has 0 unspecified atom stereocenters. The van der Waals surface area contributed by atoms with Gasteiger partial charge in [-0.05, 0) is 32.0 Å². The normalized spacial score (nSPS) is 13.6. The van der Waals surface area contributed by atoms with E-state index in [1.54, 1.807) is 18.2 Å². The van der Waals surface area contributed by atoms with Crippen molar-refractivity contribution >= 4 is 5.91 Å². The Bertz CT molecular complexity index is 893. The molecule has 0 saturated heterocycles. The maximum absolute atomic E-state index is 12.2. The lowest BCUT2D eigenvalue weighted by atomic mass is 10.0. The molecular formula is C22H23NO4. The van der Waals surface area contributed by atoms with Gasteiger partial charge in [-0.1, -0.05) is 36.1 Å². The fourth-order valence-corrected chi connectivity index (χ4v) is 2.98. The summed E-state index contributed by atoms with van der Waals surface area (Å²) in [5.41, 5.74) is 1.42. The minimum atomic E-state index is -0.223. The molecular weight excluding hydrogens is 342 g/mol. The Morgan fingerprint density at radius 2 is 1.93 bits per heavy atom. The Hall–Kier alpha value is -3.13. The molecule has 1 amide bonds. The van der Waals surface area contributed by atoms with Crippen molar-refractivity contribution in [2.75, 3.05) is 20.3 Å². The molecule has 0 aliphatic carbocycles. The number of rotatable bonds is 5. The fraction of sp³-hybridized carbons (Fsp3) is 0.318. The van der Waals surface area contributed by atoms with E-state index < -0.39 is 0 Å². The first-order valence-corrected chi connectivity index (χ1v) is 8.81. The van der Waals surface area contributed by atoms with Crippen LogP contribution in [-0.2, 0) is 6.42 Å². The zero-order valence-corrected chi connectivity index (χ0v) is 15.8. The molecule has 3 rings (SSSR count). The molecule has 1 aliphatic heterocycles. The number of methoxy groups -OCH3 is 1. The summed E-state index contributed by atoms with van der Waals surface area (Å²) in [4.78, 5) is 12.2. The standard InChI is InChI=1S/C22H23NO4/c1-22(2)15-16-9-8-12-19(20(16)27-22)26-14-7-6-13-23-21(24)17-10-4-5-11-18(17)25-3/h4-5,8-12H,13-15H2,1-3H3,(H,23,24). The van der Waals surface area contributed by atoms with Crippen LogP contribution in [0.25, 0.3) is 0 Å². The highest BCUT2D eigenvalue weighted by molar-refractivity contribution is 5.97. The van der Waals surface area contributed by atoms with Gasteiger partial charge in [0.05, 0.1) is 19.2 Å². The predicted molar refractivity (Wildman–Crippen MR) is 103 cm³/mol. The Morgan fingerprint density at radius 3 is 2.74 bits per heavy atom. The van der Waals surface area contributed by atoms with Gasteiger partial charge in [0.2, 0.25) is 0 Å². The van der Waals surface area contributed by atoms with Gasteiger partial charge in [0, 0.05) is 12.0 Å². The number of nitrogens with one attached hydrogen (secondary N) is 1. The molecule has 0 fully saturated rings. The summed E-state index contributed by atoms with van der Waals surface area (Å²) in [6, 6.07) is 13.0. The number of benzene rings is 2. The predicted octanol–water partition coefficient (Wildman–Crippen LogP) is 3.22. The van der Waals surface area contributed by atoms with Gasteiger partial charge in [-0.15, -0.1) is 0 Å². The third-order valence-electron chi connectivity index (χ3n) is 4.17. The van der Waals surface area contributed by atoms with E-state index in [-0.39, 0.29) is 24.7 Å². The number of fused-ring (bicyclic) bond motifs is 1. The number of carbonyl (C=O) groups excluding carboxylic acids is 1. The topological polar surface area (TPSA) is 56.8 Å². The van der Waals surface area contributed by atoms with Crippen LogP contribution in [0.2, 0.25) is 0 Å². The smallest absolute Gasteiger partial charge is 0.255 e. The van der Waals surface area contributed by atoms with Crippen LogP contribution in [0.1, 0.15) is 29.8 Å². The first-order chi connectivity index (χ1) is 13.0. The van der Waals surface area contributed by atoms with Crippen LogP contribution < -0.4 is 19.5 Å². The second-order valence-corrected chi connectivity index (χ2v) is 6.81. The van der Waals surface area contributed by atoms with Crippen LogP contribution >= 0.6 is 0 Å². The van der Waals surface area contributed by atoms with Crippen molar-refractivity contribution in [2.24, 2.45) is 0 Å². The van der Waals surface area contributed by atoms with Gasteiger partial charge in [0.1, 0.15) is 18.0 Å². The molecule has 0 bridgehead atoms. The highest BCUT2D eigenvalue weighted by Crippen LogP contribution is 2.41. The highest BCUT2D eigenvalue weighted by atomic mass is 16.5. The zero-order valence-electron chi connectivity index (χ0n) is 15.8. The number of ether oxygens (including phenoxy) is 3. The average molecular weight is 365 g/mol. The maximum Gasteiger partial charge on any atom is 0.255 e. The molecule has 0 aromatic heterocycles. The van der Waals surface area contributed by atoms with Gasteiger partial charge < -0.3 is 19.5 Å². The quantitative estimate of drug-likeness (QED) is 0.827. The average Bonchev–Trinajstić information content (AvgIpc) is 2.98. The van der Waals surface area contributed by atoms with Gasteiger partial charge in [-0.2, -0.15) is 0 Å². The minimum Gasteiger partial charge on any atom is -0.496 e. The summed E-state index contributed by atoms with van der Waals surface area (Å²) < 4.78 is 16.9. The number of carbonyl (C=O) groups is 1. The van der Waals surface area contributed by atoms with Crippen LogP contribution in [0.15, 0.2) is 42.5 Å². The lowest BCUT2D eigenvalue weighted by Gasteiger charge is -2.17. The van der Waals surface area contributed by atoms with Crippen molar-refractivity contribution in [1.29, 1.82) is 0 Å². The molecule has 5 nitrogen and oxygen atoms in total. The van der Waals surface area contributed by atoms with Gasteiger partial charge in [0.25, 0.3) is 5.91 Å². The number of para-hydroxylation sites is 2. The van der Waals surface area contributed by atoms with Crippen LogP contribution in [-0.4, -0.2) is 31.8 Å². The Balaban J connectivity index is 1.50. The third kappa shape index (κ3) is 4.53. The van der Waals surface area contributed by atoms with Crippen LogP contribution in [0.3, 0.4) is 0 Å². The van der Waals surface area contributed by atoms with E-state index in [0.717, 1.165) is 17.7 Å². The largest absolute Gasteiger partial charge is 0.496 e. The molecule has 27 heavy (non-hydrogen) atoms. The van der Waals surface area contributed by atoms with E-state index >= 15 is 0 Å². The molecule has 5 heteroatoms. The first-order valence-electron chi connectivity index (χ1n) is 8.81. The Morgan fingerprint density at radius 1 is 1.15 bits per heavy atom. The molecule has 0 atom stereocenters. The van der Waals surface area contributed by atoms with Crippen molar-refractivity contribution in [1.82, 2.24) is 5.32 Å². The van der Waals surface area contributed by atoms with E-state index in [2.05, 4.69) is 37.1 Å². The number of amides is 1. The van der Waals surface area contributed by atoms with Gasteiger partial charge in [0.15, 0.2) is 11.5 Å². The Kier molecular flexibility index (Phi) is 5.56. The zero-order chi connectivity index (χ0) is 19.3. The fourth-order valence-electron chi connectivity index (χ4n) is 2.98. The van der Waals surface area contributed by atoms with Crippen LogP contribution in [0.4, 0.5) is 0 Å². The van der Waals surface area contributed by atoms with Crippen molar-refractivity contribution in [3.8, 4) is 29.1 Å². The van der Waals surface area contributed by atoms with E-state index in [1.807, 2.05) is 18.2 Å². The minimum absolute atomic E-state index is 0.212. The molecule has 1 aliphatic rings. The van der Waals surface area contributed by atoms with Gasteiger partial charge in [-0.3, -0.25) is 4.79 Å². The summed E-state index contributed by atoms with van der Waals surface area (Å²) in [5.74, 6) is 7.61. The molecule has 2 aromatic rings. The monoisotopic (exact) mass is 365 g/mol. The van der Waals surface area contributed by atoms with E-state index in [0.29, 0.717) is 17.1 Å². The molecule has 2 aromatic carbocycles. The van der Waals surface area contributed by atoms with E-state index in [9.17, 15) is 4.79 Å². The molecule has 0 radical (unpaired) electrons. The van der Waals surface area contributed by atoms with E-state index in [1.165, 1.54) is 7.11 Å². The van der Waals surface area contributed by atoms with Gasteiger partial charge >= 0.3 is 0 Å². The molecule has 1 heterocycles. The van der Waals surface area contributed by atoms with Crippen molar-refractivity contribution in [2.45, 2.75) is 25.9 Å². The second kappa shape index (κ2) is 8.05. The molecule has 140 valence electrons. The van der Waals surface area contributed by atoms with Crippen LogP contribution in [0.5, 0.6) is 17.2 Å². The lowest BCUT2D eigenvalue weighted by molar-refractivity contribution is 0.0955. The first kappa shape index (κ1) is 18.7. The van der Waals surface area contributed by atoms with Crippen molar-refractivity contribution < 1.29 is 19.0 Å². The van der Waals surface area contributed by atoms with Gasteiger partial charge in [-0.25, -0.2) is 0 Å². The van der Waals surface area contributed by atoms with E-state index in [4.69, 9.17) is 14.2 Å². The van der Waals surface area contributed by atoms with Crippen LogP contribution in [0, 0.1) is 11.8 Å². The third-order valence-corrected chi connectivity index (χ3v) is 4.17. The molecule has 0 saturated carbocycles. The lowest BCUT2D eigenvalue weighted by Crippen LogP contribution is -2.24. The summed E-state index contributed by atoms with van der Waals surface area (Å²) in [7, 11) is 1.54. The summed E-state index contributed by atoms with van der Waals surface area (Å²) >= 11 is 0. The Labute approximate surface area is 159 Å². The summed E-state index contributed by atoms with van der Waals surface area (Å²) in [6.07, 6.45) is 0.861. The molecule has 1 N–H and O–H groups in total. The summed E-state index contributed by atoms with van der Waals surface area (Å²) in [5, 5.41) is 2.75. The second-order valence-electron chi connectivity index (χ2n) is 6.81. The summed E-state index contributed by atoms with van der Waals surface area (Å²) in [6.45, 7) is 4.57. The maximum atomic E-state index is 12.2. The number of hydrogen-bond acceptors (Lipinski definition) is 4. The highest BCUT2D eigenvalue weighted by Gasteiger charge is 2.32. The van der Waals surface area contributed by atoms with Crippen molar-refractivity contribution in [3.05, 3.63) is 53.6 Å². The SMILES string of the molecule is COc1ccccc1C(=O)NCC#CCOc1cccc2c1OC(C)(C)C2.